The molecule has 7 aromatic carbocycles. The third-order valence-electron chi connectivity index (χ3n) is 12.1. The Kier molecular flexibility index (Phi) is 14.9. The van der Waals surface area contributed by atoms with Crippen LogP contribution >= 0.6 is 0 Å². The SMILES string of the molecule is FC(F)(F)c1cc([B-](c2cc(C(F)(F)F)cc(C(F)(F)F)c2)(c2cc(C(F)(F)F)cc(C(F)(F)F)c2)c2cc(C(F)(F)F)cc(C(F)(F)F)c2)cc(C(F)(F)F)c1.c1ccc2c(O[n+]3cccc4ccccc43)cccc2c1. The second-order valence-electron chi connectivity index (χ2n) is 17.2. The summed E-state index contributed by atoms with van der Waals surface area (Å²) in [6.45, 7) is 0. The smallest absolute Gasteiger partial charge is 0.230 e. The molecular formula is C51H26BF24NO. The van der Waals surface area contributed by atoms with Gasteiger partial charge in [0.25, 0.3) is 5.52 Å². The summed E-state index contributed by atoms with van der Waals surface area (Å²) in [5.74, 6) is 0.856. The van der Waals surface area contributed by atoms with E-state index in [0.29, 0.717) is 0 Å². The van der Waals surface area contributed by atoms with Crippen molar-refractivity contribution in [1.82, 2.24) is 0 Å². The molecule has 412 valence electrons. The molecule has 0 aliphatic rings. The van der Waals surface area contributed by atoms with Gasteiger partial charge in [0.05, 0.1) is 49.9 Å². The Labute approximate surface area is 421 Å². The van der Waals surface area contributed by atoms with Gasteiger partial charge in [-0.3, -0.25) is 0 Å². The monoisotopic (exact) mass is 1140 g/mol. The molecule has 0 saturated heterocycles. The van der Waals surface area contributed by atoms with E-state index in [0.717, 1.165) is 22.0 Å². The van der Waals surface area contributed by atoms with Crippen LogP contribution in [0.15, 0.2) is 158 Å². The lowest BCUT2D eigenvalue weighted by atomic mass is 9.12. The van der Waals surface area contributed by atoms with Crippen LogP contribution < -0.4 is 31.4 Å². The second-order valence-corrected chi connectivity index (χ2v) is 17.2. The van der Waals surface area contributed by atoms with Gasteiger partial charge in [0.15, 0.2) is 0 Å². The third-order valence-corrected chi connectivity index (χ3v) is 12.1. The minimum Gasteiger partial charge on any atom is -0.230 e. The van der Waals surface area contributed by atoms with Gasteiger partial charge in [0, 0.05) is 22.2 Å². The van der Waals surface area contributed by atoms with Gasteiger partial charge in [-0.1, -0.05) is 97.1 Å². The molecule has 1 heterocycles. The van der Waals surface area contributed by atoms with Crippen molar-refractivity contribution >= 4 is 49.7 Å². The van der Waals surface area contributed by atoms with Gasteiger partial charge in [-0.2, -0.15) is 127 Å². The maximum atomic E-state index is 14.2. The fourth-order valence-corrected chi connectivity index (χ4v) is 8.67. The van der Waals surface area contributed by atoms with Crippen LogP contribution in [0, 0.1) is 0 Å². The molecular weight excluding hydrogens is 1110 g/mol. The Morgan fingerprint density at radius 2 is 0.551 bits per heavy atom. The highest BCUT2D eigenvalue weighted by atomic mass is 19.4. The number of halogens is 24. The molecule has 0 fully saturated rings. The molecule has 0 radical (unpaired) electrons. The molecule has 8 rings (SSSR count). The maximum Gasteiger partial charge on any atom is 0.416 e. The lowest BCUT2D eigenvalue weighted by Gasteiger charge is -2.46. The zero-order chi connectivity index (χ0) is 58.0. The molecule has 0 N–H and O–H groups in total. The number of aromatic nitrogens is 1. The fraction of sp³-hybridized carbons (Fsp3) is 0.157. The van der Waals surface area contributed by atoms with E-state index in [1.807, 2.05) is 53.4 Å². The third kappa shape index (κ3) is 12.4. The van der Waals surface area contributed by atoms with E-state index in [-0.39, 0.29) is 0 Å². The normalized spacial score (nSPS) is 13.4. The molecule has 0 aliphatic carbocycles. The first-order chi connectivity index (χ1) is 35.7. The molecule has 8 aromatic rings. The highest BCUT2D eigenvalue weighted by Gasteiger charge is 2.47. The molecule has 0 unspecified atom stereocenters. The summed E-state index contributed by atoms with van der Waals surface area (Å²) in [6.07, 6.45) is -52.9. The zero-order valence-corrected chi connectivity index (χ0v) is 38.0. The lowest BCUT2D eigenvalue weighted by molar-refractivity contribution is -0.854. The number of nitrogens with zero attached hydrogens (tertiary/aromatic N) is 1. The summed E-state index contributed by atoms with van der Waals surface area (Å²) in [7, 11) is 0. The van der Waals surface area contributed by atoms with Crippen molar-refractivity contribution in [3.63, 3.8) is 0 Å². The first-order valence-electron chi connectivity index (χ1n) is 21.6. The van der Waals surface area contributed by atoms with Gasteiger partial charge in [0.1, 0.15) is 6.15 Å². The lowest BCUT2D eigenvalue weighted by Crippen LogP contribution is -2.75. The number of hydrogen-bond donors (Lipinski definition) is 0. The second kappa shape index (κ2) is 20.0. The minimum atomic E-state index is -6.13. The van der Waals surface area contributed by atoms with E-state index in [4.69, 9.17) is 4.84 Å². The van der Waals surface area contributed by atoms with Crippen LogP contribution in [0.4, 0.5) is 105 Å². The highest BCUT2D eigenvalue weighted by Crippen LogP contribution is 2.41. The van der Waals surface area contributed by atoms with Gasteiger partial charge in [-0.05, 0) is 47.9 Å². The number of para-hydroxylation sites is 1. The Balaban J connectivity index is 0.000000344. The van der Waals surface area contributed by atoms with Crippen LogP contribution in [-0.2, 0) is 49.4 Å². The summed E-state index contributed by atoms with van der Waals surface area (Å²) in [5, 5.41) is 3.44. The molecule has 0 atom stereocenters. The number of benzene rings is 7. The van der Waals surface area contributed by atoms with E-state index in [1.165, 1.54) is 5.39 Å². The number of rotatable bonds is 6. The van der Waals surface area contributed by atoms with Crippen LogP contribution in [0.2, 0.25) is 0 Å². The van der Waals surface area contributed by atoms with Crippen molar-refractivity contribution in [2.24, 2.45) is 0 Å². The summed E-state index contributed by atoms with van der Waals surface area (Å²) < 4.78 is 343. The fourth-order valence-electron chi connectivity index (χ4n) is 8.67. The van der Waals surface area contributed by atoms with E-state index >= 15 is 0 Å². The Bertz CT molecular complexity index is 2980. The number of fused-ring (bicyclic) bond motifs is 2. The molecule has 0 aliphatic heterocycles. The molecule has 0 amide bonds. The van der Waals surface area contributed by atoms with Gasteiger partial charge < -0.3 is 0 Å². The predicted octanol–water partition coefficient (Wildman–Crippen LogP) is 15.3. The number of hydrogen-bond acceptors (Lipinski definition) is 1. The van der Waals surface area contributed by atoms with E-state index in [2.05, 4.69) is 36.4 Å². The molecule has 27 heteroatoms. The van der Waals surface area contributed by atoms with Crippen LogP contribution in [0.25, 0.3) is 21.7 Å². The van der Waals surface area contributed by atoms with Crippen LogP contribution in [-0.4, -0.2) is 6.15 Å². The Morgan fingerprint density at radius 1 is 0.282 bits per heavy atom. The topological polar surface area (TPSA) is 13.1 Å². The average Bonchev–Trinajstić information content (AvgIpc) is 3.43. The summed E-state index contributed by atoms with van der Waals surface area (Å²) >= 11 is 0. The maximum absolute atomic E-state index is 14.2. The van der Waals surface area contributed by atoms with Crippen LogP contribution in [0.1, 0.15) is 44.5 Å². The van der Waals surface area contributed by atoms with Crippen LogP contribution in [0.3, 0.4) is 0 Å². The van der Waals surface area contributed by atoms with Gasteiger partial charge in [-0.15, -0.1) is 0 Å². The summed E-state index contributed by atoms with van der Waals surface area (Å²) in [5.41, 5.74) is -29.2. The standard InChI is InChI=1S/C32H12BF24.C19H14NO/c34-25(35,36)13-1-14(26(37,38)39)6-21(5-13)33(22-7-15(27(40,41)42)2-16(8-22)28(43,44)45,23-9-17(29(46,47)48)3-18(10-23)30(49,50)51)24-11-19(31(52,53)54)4-20(12-24)32(55,56)57;1-3-11-17-15(7-1)9-5-13-19(17)21-20-14-6-10-16-8-2-4-12-18(16)20/h1-12H;1-14H/q-1;+1. The van der Waals surface area contributed by atoms with Gasteiger partial charge in [-0.25, -0.2) is 4.84 Å². The van der Waals surface area contributed by atoms with Crippen molar-refractivity contribution in [2.45, 2.75) is 49.4 Å². The first-order valence-corrected chi connectivity index (χ1v) is 21.6. The quantitative estimate of drug-likeness (QED) is 0.0919. The van der Waals surface area contributed by atoms with E-state index < -0.39 is 195 Å². The van der Waals surface area contributed by atoms with Crippen molar-refractivity contribution < 1.29 is 115 Å². The molecule has 78 heavy (non-hydrogen) atoms. The van der Waals surface area contributed by atoms with Crippen molar-refractivity contribution in [3.8, 4) is 5.75 Å². The molecule has 1 aromatic heterocycles. The average molecular weight is 1140 g/mol. The predicted molar refractivity (Wildman–Crippen MR) is 234 cm³/mol. The molecule has 0 bridgehead atoms. The molecule has 2 nitrogen and oxygen atoms in total. The summed E-state index contributed by atoms with van der Waals surface area (Å²) in [4.78, 5) is 6.12. The first kappa shape index (κ1) is 58.1. The van der Waals surface area contributed by atoms with E-state index in [1.54, 1.807) is 0 Å². The molecule has 0 spiro atoms. The Hall–Kier alpha value is -7.61. The van der Waals surface area contributed by atoms with Crippen molar-refractivity contribution in [2.75, 3.05) is 0 Å². The highest BCUT2D eigenvalue weighted by molar-refractivity contribution is 7.20. The van der Waals surface area contributed by atoms with Crippen LogP contribution in [0.5, 0.6) is 5.75 Å². The Morgan fingerprint density at radius 3 is 0.872 bits per heavy atom. The number of pyridine rings is 1. The zero-order valence-electron chi connectivity index (χ0n) is 38.0. The van der Waals surface area contributed by atoms with Gasteiger partial charge >= 0.3 is 49.4 Å². The summed E-state index contributed by atoms with van der Waals surface area (Å²) in [6, 6.07) is 17.8. The van der Waals surface area contributed by atoms with Gasteiger partial charge in [0.2, 0.25) is 11.9 Å². The number of alkyl halides is 24. The van der Waals surface area contributed by atoms with Crippen molar-refractivity contribution in [3.05, 3.63) is 202 Å². The minimum absolute atomic E-state index is 0.691. The largest absolute Gasteiger partial charge is 0.416 e. The van der Waals surface area contributed by atoms with Crippen molar-refractivity contribution in [1.29, 1.82) is 0 Å². The molecule has 0 saturated carbocycles. The van der Waals surface area contributed by atoms with E-state index in [9.17, 15) is 105 Å².